The number of anilines is 1. The van der Waals surface area contributed by atoms with Crippen LogP contribution in [-0.2, 0) is 16.1 Å². The van der Waals surface area contributed by atoms with Crippen LogP contribution in [0.5, 0.6) is 0 Å². The third-order valence-corrected chi connectivity index (χ3v) is 2.96. The number of benzene rings is 2. The average molecular weight is 330 g/mol. The summed E-state index contributed by atoms with van der Waals surface area (Å²) in [6, 6.07) is 18.9. The van der Waals surface area contributed by atoms with Gasteiger partial charge in [-0.3, -0.25) is 14.9 Å². The van der Waals surface area contributed by atoms with Crippen LogP contribution in [0, 0.1) is 0 Å². The number of amides is 2. The van der Waals surface area contributed by atoms with Crippen molar-refractivity contribution in [3.05, 3.63) is 66.2 Å². The maximum absolute atomic E-state index is 11.7. The number of hydrogen-bond acceptors (Lipinski definition) is 5. The van der Waals surface area contributed by atoms with E-state index in [0.717, 1.165) is 11.3 Å². The van der Waals surface area contributed by atoms with Gasteiger partial charge < -0.3 is 15.8 Å². The van der Waals surface area contributed by atoms with E-state index in [-0.39, 0.29) is 24.9 Å². The Labute approximate surface area is 140 Å². The van der Waals surface area contributed by atoms with Gasteiger partial charge in [0, 0.05) is 12.2 Å². The normalized spacial score (nSPS) is 9.42. The maximum Gasteiger partial charge on any atom is 0.238 e. The Morgan fingerprint density at radius 2 is 1.38 bits per heavy atom. The molecule has 0 heterocycles. The van der Waals surface area contributed by atoms with E-state index in [0.29, 0.717) is 6.54 Å². The van der Waals surface area contributed by atoms with Crippen molar-refractivity contribution in [3.8, 4) is 0 Å². The van der Waals surface area contributed by atoms with E-state index in [1.54, 1.807) is 0 Å². The molecule has 7 nitrogen and oxygen atoms in total. The Hall–Kier alpha value is -2.74. The predicted molar refractivity (Wildman–Crippen MR) is 92.2 cm³/mol. The molecule has 2 rings (SSSR count). The first kappa shape index (κ1) is 19.3. The van der Waals surface area contributed by atoms with Gasteiger partial charge in [-0.2, -0.15) is 0 Å². The van der Waals surface area contributed by atoms with Gasteiger partial charge in [-0.1, -0.05) is 48.5 Å². The van der Waals surface area contributed by atoms with Gasteiger partial charge >= 0.3 is 0 Å². The van der Waals surface area contributed by atoms with Crippen LogP contribution in [0.3, 0.4) is 0 Å². The van der Waals surface area contributed by atoms with Crippen molar-refractivity contribution in [2.45, 2.75) is 6.54 Å². The third kappa shape index (κ3) is 8.04. The summed E-state index contributed by atoms with van der Waals surface area (Å²) in [7, 11) is 0. The smallest absolute Gasteiger partial charge is 0.238 e. The SMILES string of the molecule is NO.O=C(CNCC(=O)Nc1ccccc1)NCc1ccccc1. The summed E-state index contributed by atoms with van der Waals surface area (Å²) in [6.45, 7) is 0.681. The van der Waals surface area contributed by atoms with Crippen molar-refractivity contribution in [2.24, 2.45) is 5.90 Å². The summed E-state index contributed by atoms with van der Waals surface area (Å²) < 4.78 is 0. The number of nitrogens with two attached hydrogens (primary N) is 1. The highest BCUT2D eigenvalue weighted by atomic mass is 16.4. The lowest BCUT2D eigenvalue weighted by Gasteiger charge is -2.07. The first-order valence-electron chi connectivity index (χ1n) is 7.36. The molecule has 2 aromatic carbocycles. The summed E-state index contributed by atoms with van der Waals surface area (Å²) in [6.07, 6.45) is 0. The summed E-state index contributed by atoms with van der Waals surface area (Å²) in [5.41, 5.74) is 1.78. The largest absolute Gasteiger partial charge is 0.351 e. The summed E-state index contributed by atoms with van der Waals surface area (Å²) >= 11 is 0. The fourth-order valence-corrected chi connectivity index (χ4v) is 1.88. The minimum atomic E-state index is -0.179. The van der Waals surface area contributed by atoms with Gasteiger partial charge in [0.2, 0.25) is 11.8 Å². The molecule has 6 N–H and O–H groups in total. The van der Waals surface area contributed by atoms with E-state index < -0.39 is 0 Å². The quantitative estimate of drug-likeness (QED) is 0.483. The molecule has 0 saturated carbocycles. The highest BCUT2D eigenvalue weighted by Gasteiger charge is 2.04. The molecule has 0 aromatic heterocycles. The molecule has 0 aliphatic carbocycles. The highest BCUT2D eigenvalue weighted by Crippen LogP contribution is 2.03. The van der Waals surface area contributed by atoms with Crippen LogP contribution in [0.4, 0.5) is 5.69 Å². The third-order valence-electron chi connectivity index (χ3n) is 2.96. The lowest BCUT2D eigenvalue weighted by Crippen LogP contribution is -2.37. The molecular weight excluding hydrogens is 308 g/mol. The van der Waals surface area contributed by atoms with Crippen molar-refractivity contribution in [2.75, 3.05) is 18.4 Å². The van der Waals surface area contributed by atoms with Gasteiger partial charge in [-0.05, 0) is 17.7 Å². The topological polar surface area (TPSA) is 116 Å². The van der Waals surface area contributed by atoms with E-state index >= 15 is 0 Å². The number of para-hydroxylation sites is 1. The molecule has 0 fully saturated rings. The zero-order chi connectivity index (χ0) is 17.6. The molecule has 2 amide bonds. The number of carbonyl (C=O) groups excluding carboxylic acids is 2. The molecule has 24 heavy (non-hydrogen) atoms. The average Bonchev–Trinajstić information content (AvgIpc) is 2.63. The summed E-state index contributed by atoms with van der Waals surface area (Å²) in [5, 5.41) is 14.8. The second-order valence-corrected chi connectivity index (χ2v) is 4.78. The lowest BCUT2D eigenvalue weighted by atomic mass is 10.2. The molecule has 0 radical (unpaired) electrons. The molecular formula is C17H22N4O3. The molecule has 2 aromatic rings. The standard InChI is InChI=1S/C17H19N3O2.H3NO/c21-16(19-11-14-7-3-1-4-8-14)12-18-13-17(22)20-15-9-5-2-6-10-15;1-2/h1-10,18H,11-13H2,(H,19,21)(H,20,22);2H,1H2. The van der Waals surface area contributed by atoms with Gasteiger partial charge in [0.1, 0.15) is 0 Å². The van der Waals surface area contributed by atoms with Gasteiger partial charge in [-0.15, -0.1) is 0 Å². The van der Waals surface area contributed by atoms with Gasteiger partial charge in [0.05, 0.1) is 13.1 Å². The molecule has 0 unspecified atom stereocenters. The molecule has 0 spiro atoms. The fraction of sp³-hybridized carbons (Fsp3) is 0.176. The Bertz CT molecular complexity index is 606. The molecule has 7 heteroatoms. The van der Waals surface area contributed by atoms with Gasteiger partial charge in [0.25, 0.3) is 0 Å². The number of rotatable bonds is 7. The molecule has 128 valence electrons. The fourth-order valence-electron chi connectivity index (χ4n) is 1.88. The van der Waals surface area contributed by atoms with E-state index in [1.165, 1.54) is 0 Å². The van der Waals surface area contributed by atoms with Crippen molar-refractivity contribution in [3.63, 3.8) is 0 Å². The minimum Gasteiger partial charge on any atom is -0.351 e. The second kappa shape index (κ2) is 11.8. The molecule has 0 bridgehead atoms. The zero-order valence-electron chi connectivity index (χ0n) is 13.2. The predicted octanol–water partition coefficient (Wildman–Crippen LogP) is 0.865. The van der Waals surface area contributed by atoms with E-state index in [9.17, 15) is 9.59 Å². The second-order valence-electron chi connectivity index (χ2n) is 4.78. The van der Waals surface area contributed by atoms with Crippen LogP contribution >= 0.6 is 0 Å². The van der Waals surface area contributed by atoms with Crippen LogP contribution in [0.1, 0.15) is 5.56 Å². The zero-order valence-corrected chi connectivity index (χ0v) is 13.2. The molecule has 0 aliphatic heterocycles. The first-order valence-corrected chi connectivity index (χ1v) is 7.36. The summed E-state index contributed by atoms with van der Waals surface area (Å²) in [5.74, 6) is 3.18. The monoisotopic (exact) mass is 330 g/mol. The molecule has 0 aliphatic rings. The van der Waals surface area contributed by atoms with Crippen LogP contribution in [-0.4, -0.2) is 30.1 Å². The van der Waals surface area contributed by atoms with Crippen LogP contribution in [0.25, 0.3) is 0 Å². The number of nitrogens with one attached hydrogen (secondary N) is 3. The van der Waals surface area contributed by atoms with Crippen LogP contribution < -0.4 is 21.8 Å². The van der Waals surface area contributed by atoms with E-state index in [2.05, 4.69) is 21.8 Å². The molecule has 0 saturated heterocycles. The van der Waals surface area contributed by atoms with E-state index in [4.69, 9.17) is 5.21 Å². The summed E-state index contributed by atoms with van der Waals surface area (Å²) in [4.78, 5) is 23.3. The minimum absolute atomic E-state index is 0.0909. The van der Waals surface area contributed by atoms with Crippen molar-refractivity contribution in [1.82, 2.24) is 10.6 Å². The van der Waals surface area contributed by atoms with Gasteiger partial charge in [-0.25, -0.2) is 5.90 Å². The van der Waals surface area contributed by atoms with Crippen LogP contribution in [0.15, 0.2) is 60.7 Å². The van der Waals surface area contributed by atoms with Crippen molar-refractivity contribution < 1.29 is 14.8 Å². The highest BCUT2D eigenvalue weighted by molar-refractivity contribution is 5.92. The maximum atomic E-state index is 11.7. The Morgan fingerprint density at radius 1 is 0.833 bits per heavy atom. The first-order chi connectivity index (χ1) is 11.7. The van der Waals surface area contributed by atoms with Gasteiger partial charge in [0.15, 0.2) is 0 Å². The lowest BCUT2D eigenvalue weighted by molar-refractivity contribution is -0.120. The van der Waals surface area contributed by atoms with Crippen molar-refractivity contribution in [1.29, 1.82) is 0 Å². The number of carbonyl (C=O) groups is 2. The van der Waals surface area contributed by atoms with Crippen molar-refractivity contribution >= 4 is 17.5 Å². The Morgan fingerprint density at radius 3 is 2.00 bits per heavy atom. The van der Waals surface area contributed by atoms with E-state index in [1.807, 2.05) is 60.7 Å². The Kier molecular flexibility index (Phi) is 9.48. The van der Waals surface area contributed by atoms with Crippen LogP contribution in [0.2, 0.25) is 0 Å². The molecule has 0 atom stereocenters. The number of hydrogen-bond donors (Lipinski definition) is 5. The Balaban J connectivity index is 0.00000139.